The number of alkyl halides is 3. The van der Waals surface area contributed by atoms with E-state index in [1.165, 1.54) is 16.8 Å². The standard InChI is InChI=1S/C17H14F3N3O2/c1-10-13(5-6-15(24)25)16(22(2)21-10)23-8-7-11-3-4-12(9-14(11)23)17(18,19)20/h3-9H,1-2H3,(H,24,25). The Labute approximate surface area is 140 Å². The lowest BCUT2D eigenvalue weighted by molar-refractivity contribution is -0.137. The molecule has 0 aliphatic heterocycles. The summed E-state index contributed by atoms with van der Waals surface area (Å²) in [6.45, 7) is 1.71. The maximum Gasteiger partial charge on any atom is 0.416 e. The lowest BCUT2D eigenvalue weighted by Gasteiger charge is -2.10. The molecule has 0 amide bonds. The predicted molar refractivity (Wildman–Crippen MR) is 86.4 cm³/mol. The molecule has 0 unspecified atom stereocenters. The summed E-state index contributed by atoms with van der Waals surface area (Å²) in [5.41, 5.74) is 0.716. The highest BCUT2D eigenvalue weighted by Gasteiger charge is 2.31. The second-order valence-electron chi connectivity index (χ2n) is 5.57. The molecule has 130 valence electrons. The number of fused-ring (bicyclic) bond motifs is 1. The van der Waals surface area contributed by atoms with Crippen LogP contribution in [0.3, 0.4) is 0 Å². The van der Waals surface area contributed by atoms with Crippen molar-refractivity contribution in [2.24, 2.45) is 7.05 Å². The number of aromatic nitrogens is 3. The van der Waals surface area contributed by atoms with Crippen LogP contribution in [-0.2, 0) is 18.0 Å². The van der Waals surface area contributed by atoms with Crippen molar-refractivity contribution in [3.63, 3.8) is 0 Å². The summed E-state index contributed by atoms with van der Waals surface area (Å²) in [5, 5.41) is 13.7. The fourth-order valence-corrected chi connectivity index (χ4v) is 2.79. The van der Waals surface area contributed by atoms with Crippen LogP contribution in [0.4, 0.5) is 13.2 Å². The van der Waals surface area contributed by atoms with Gasteiger partial charge >= 0.3 is 12.1 Å². The van der Waals surface area contributed by atoms with E-state index in [0.717, 1.165) is 18.2 Å². The van der Waals surface area contributed by atoms with Gasteiger partial charge in [-0.05, 0) is 31.2 Å². The zero-order valence-electron chi connectivity index (χ0n) is 13.4. The van der Waals surface area contributed by atoms with Crippen molar-refractivity contribution < 1.29 is 23.1 Å². The fourth-order valence-electron chi connectivity index (χ4n) is 2.79. The minimum absolute atomic E-state index is 0.364. The second kappa shape index (κ2) is 5.80. The average molecular weight is 349 g/mol. The van der Waals surface area contributed by atoms with E-state index in [1.807, 2.05) is 0 Å². The Bertz CT molecular complexity index is 997. The molecule has 0 bridgehead atoms. The number of nitrogens with zero attached hydrogens (tertiary/aromatic N) is 3. The van der Waals surface area contributed by atoms with E-state index in [9.17, 15) is 18.0 Å². The third-order valence-electron chi connectivity index (χ3n) is 3.88. The van der Waals surface area contributed by atoms with Crippen LogP contribution in [0.25, 0.3) is 22.8 Å². The van der Waals surface area contributed by atoms with E-state index < -0.39 is 17.7 Å². The lowest BCUT2D eigenvalue weighted by atomic mass is 10.1. The van der Waals surface area contributed by atoms with E-state index in [-0.39, 0.29) is 0 Å². The third kappa shape index (κ3) is 3.02. The summed E-state index contributed by atoms with van der Waals surface area (Å²) in [7, 11) is 1.65. The quantitative estimate of drug-likeness (QED) is 0.732. The van der Waals surface area contributed by atoms with Crippen LogP contribution in [0.5, 0.6) is 0 Å². The summed E-state index contributed by atoms with van der Waals surface area (Å²) in [4.78, 5) is 10.8. The summed E-state index contributed by atoms with van der Waals surface area (Å²) in [6, 6.07) is 5.21. The number of aryl methyl sites for hydroxylation is 2. The van der Waals surface area contributed by atoms with Gasteiger partial charge in [-0.25, -0.2) is 4.79 Å². The molecule has 0 aliphatic rings. The Hall–Kier alpha value is -3.03. The third-order valence-corrected chi connectivity index (χ3v) is 3.88. The Morgan fingerprint density at radius 1 is 1.28 bits per heavy atom. The van der Waals surface area contributed by atoms with Gasteiger partial charge in [0, 0.05) is 30.3 Å². The maximum absolute atomic E-state index is 13.0. The van der Waals surface area contributed by atoms with Gasteiger partial charge in [-0.2, -0.15) is 18.3 Å². The van der Waals surface area contributed by atoms with Crippen molar-refractivity contribution in [3.05, 3.63) is 53.4 Å². The molecule has 2 heterocycles. The minimum Gasteiger partial charge on any atom is -0.478 e. The first-order valence-corrected chi connectivity index (χ1v) is 7.32. The molecular formula is C17H14F3N3O2. The number of hydrogen-bond acceptors (Lipinski definition) is 2. The number of rotatable bonds is 3. The molecule has 0 saturated carbocycles. The van der Waals surface area contributed by atoms with E-state index in [2.05, 4.69) is 5.10 Å². The monoisotopic (exact) mass is 349 g/mol. The minimum atomic E-state index is -4.45. The first-order valence-electron chi connectivity index (χ1n) is 7.32. The number of hydrogen-bond donors (Lipinski definition) is 1. The van der Waals surface area contributed by atoms with Crippen molar-refractivity contribution >= 4 is 22.9 Å². The van der Waals surface area contributed by atoms with Gasteiger partial charge in [0.25, 0.3) is 0 Å². The zero-order chi connectivity index (χ0) is 18.4. The number of aliphatic carboxylic acids is 1. The average Bonchev–Trinajstić information content (AvgIpc) is 3.03. The molecule has 0 radical (unpaired) electrons. The number of carboxylic acids is 1. The Morgan fingerprint density at radius 2 is 2.00 bits per heavy atom. The second-order valence-corrected chi connectivity index (χ2v) is 5.57. The van der Waals surface area contributed by atoms with E-state index in [4.69, 9.17) is 5.11 Å². The summed E-state index contributed by atoms with van der Waals surface area (Å²) in [6.07, 6.45) is -0.448. The van der Waals surface area contributed by atoms with Crippen LogP contribution in [0.1, 0.15) is 16.8 Å². The highest BCUT2D eigenvalue weighted by Crippen LogP contribution is 2.33. The molecule has 25 heavy (non-hydrogen) atoms. The van der Waals surface area contributed by atoms with Crippen molar-refractivity contribution in [1.82, 2.24) is 14.3 Å². The van der Waals surface area contributed by atoms with E-state index in [0.29, 0.717) is 28.0 Å². The molecule has 3 aromatic rings. The number of carbonyl (C=O) groups is 1. The van der Waals surface area contributed by atoms with Gasteiger partial charge in [0.05, 0.1) is 16.8 Å². The maximum atomic E-state index is 13.0. The van der Waals surface area contributed by atoms with Gasteiger partial charge in [-0.1, -0.05) is 6.07 Å². The van der Waals surface area contributed by atoms with Gasteiger partial charge in [0.15, 0.2) is 0 Å². The van der Waals surface area contributed by atoms with Crippen LogP contribution < -0.4 is 0 Å². The molecule has 3 rings (SSSR count). The predicted octanol–water partition coefficient (Wildman–Crippen LogP) is 3.79. The number of halogens is 3. The molecule has 0 saturated heterocycles. The van der Waals surface area contributed by atoms with E-state index >= 15 is 0 Å². The first kappa shape index (κ1) is 16.8. The molecule has 1 aromatic carbocycles. The highest BCUT2D eigenvalue weighted by molar-refractivity contribution is 5.87. The molecule has 0 aliphatic carbocycles. The van der Waals surface area contributed by atoms with Crippen molar-refractivity contribution in [3.8, 4) is 5.82 Å². The Kier molecular flexibility index (Phi) is 3.90. The van der Waals surface area contributed by atoms with Crippen molar-refractivity contribution in [1.29, 1.82) is 0 Å². The molecule has 1 N–H and O–H groups in total. The van der Waals surface area contributed by atoms with Gasteiger partial charge in [-0.15, -0.1) is 0 Å². The van der Waals surface area contributed by atoms with Crippen molar-refractivity contribution in [2.75, 3.05) is 0 Å². The molecule has 0 fully saturated rings. The molecular weight excluding hydrogens is 335 g/mol. The molecule has 2 aromatic heterocycles. The van der Waals surface area contributed by atoms with Gasteiger partial charge < -0.3 is 9.67 Å². The summed E-state index contributed by atoms with van der Waals surface area (Å²) < 4.78 is 42.2. The Morgan fingerprint density at radius 3 is 2.64 bits per heavy atom. The fraction of sp³-hybridized carbons (Fsp3) is 0.176. The van der Waals surface area contributed by atoms with Gasteiger partial charge in [0.2, 0.25) is 0 Å². The smallest absolute Gasteiger partial charge is 0.416 e. The van der Waals surface area contributed by atoms with Crippen LogP contribution in [0.2, 0.25) is 0 Å². The van der Waals surface area contributed by atoms with Crippen LogP contribution in [0, 0.1) is 6.92 Å². The number of benzene rings is 1. The number of carboxylic acid groups (broad SMARTS) is 1. The topological polar surface area (TPSA) is 60.0 Å². The molecule has 8 heteroatoms. The molecule has 0 atom stereocenters. The van der Waals surface area contributed by atoms with Crippen molar-refractivity contribution in [2.45, 2.75) is 13.1 Å². The summed E-state index contributed by atoms with van der Waals surface area (Å²) in [5.74, 6) is -0.629. The summed E-state index contributed by atoms with van der Waals surface area (Å²) >= 11 is 0. The highest BCUT2D eigenvalue weighted by atomic mass is 19.4. The van der Waals surface area contributed by atoms with Crippen LogP contribution in [0.15, 0.2) is 36.5 Å². The largest absolute Gasteiger partial charge is 0.478 e. The lowest BCUT2D eigenvalue weighted by Crippen LogP contribution is -2.06. The van der Waals surface area contributed by atoms with Crippen LogP contribution in [-0.4, -0.2) is 25.4 Å². The SMILES string of the molecule is Cc1nn(C)c(-n2ccc3ccc(C(F)(F)F)cc32)c1C=CC(=O)O. The van der Waals surface area contributed by atoms with Crippen LogP contribution >= 0.6 is 0 Å². The normalized spacial score (nSPS) is 12.4. The van der Waals surface area contributed by atoms with Gasteiger partial charge in [-0.3, -0.25) is 4.68 Å². The first-order chi connectivity index (χ1) is 11.7. The molecule has 0 spiro atoms. The molecule has 5 nitrogen and oxygen atoms in total. The zero-order valence-corrected chi connectivity index (χ0v) is 13.4. The Balaban J connectivity index is 2.25. The van der Waals surface area contributed by atoms with Gasteiger partial charge in [0.1, 0.15) is 5.82 Å². The van der Waals surface area contributed by atoms with E-state index in [1.54, 1.807) is 30.8 Å².